The molecule has 0 unspecified atom stereocenters. The number of hydrogen-bond acceptors (Lipinski definition) is 4. The Labute approximate surface area is 288 Å². The lowest BCUT2D eigenvalue weighted by molar-refractivity contribution is -0.474. The molecule has 2 amide bonds. The van der Waals surface area contributed by atoms with Crippen molar-refractivity contribution in [3.05, 3.63) is 35.9 Å². The Morgan fingerprint density at radius 3 is 1.41 bits per heavy atom. The van der Waals surface area contributed by atoms with Crippen molar-refractivity contribution in [1.82, 2.24) is 10.6 Å². The molecular weight excluding hydrogens is 813 g/mol. The van der Waals surface area contributed by atoms with Gasteiger partial charge < -0.3 is 21.1 Å². The molecule has 27 heteroatoms. The Morgan fingerprint density at radius 1 is 0.556 bits per heavy atom. The van der Waals surface area contributed by atoms with Crippen LogP contribution in [0.1, 0.15) is 37.7 Å². The van der Waals surface area contributed by atoms with E-state index in [4.69, 9.17) is 10.5 Å². The Morgan fingerprint density at radius 2 is 0.963 bits per heavy atom. The molecule has 1 aromatic carbocycles. The van der Waals surface area contributed by atoms with Gasteiger partial charge in [0.15, 0.2) is 0 Å². The lowest BCUT2D eigenvalue weighted by atomic mass is 9.85. The second-order valence-corrected chi connectivity index (χ2v) is 11.3. The minimum Gasteiger partial charge on any atom is -0.445 e. The first-order valence-corrected chi connectivity index (χ1v) is 14.5. The summed E-state index contributed by atoms with van der Waals surface area (Å²) >= 11 is 0. The van der Waals surface area contributed by atoms with Gasteiger partial charge in [-0.25, -0.2) is 4.79 Å². The Kier molecular flexibility index (Phi) is 14.6. The summed E-state index contributed by atoms with van der Waals surface area (Å²) in [6, 6.07) is 6.91. The summed E-state index contributed by atoms with van der Waals surface area (Å²) < 4.78 is 288. The van der Waals surface area contributed by atoms with Gasteiger partial charge in [0.1, 0.15) is 6.61 Å². The van der Waals surface area contributed by atoms with Gasteiger partial charge in [-0.2, -0.15) is 92.2 Å². The molecule has 0 fully saturated rings. The van der Waals surface area contributed by atoms with Crippen LogP contribution in [0.15, 0.2) is 30.3 Å². The highest BCUT2D eigenvalue weighted by atomic mass is 19.4. The monoisotopic (exact) mass is 839 g/mol. The van der Waals surface area contributed by atoms with Crippen molar-refractivity contribution in [3.63, 3.8) is 0 Å². The average molecular weight is 839 g/mol. The smallest absolute Gasteiger partial charge is 0.445 e. The van der Waals surface area contributed by atoms with Crippen LogP contribution >= 0.6 is 0 Å². The van der Waals surface area contributed by atoms with Crippen molar-refractivity contribution in [2.75, 3.05) is 13.1 Å². The van der Waals surface area contributed by atoms with Crippen LogP contribution in [-0.4, -0.2) is 90.6 Å². The molecule has 0 radical (unpaired) electrons. The molecule has 0 saturated carbocycles. The molecule has 1 atom stereocenters. The van der Waals surface area contributed by atoms with Crippen molar-refractivity contribution in [1.29, 1.82) is 0 Å². The number of nitrogens with one attached hydrogen (secondary N) is 2. The van der Waals surface area contributed by atoms with Gasteiger partial charge in [0.2, 0.25) is 5.91 Å². The highest BCUT2D eigenvalue weighted by molar-refractivity contribution is 5.81. The van der Waals surface area contributed by atoms with Gasteiger partial charge in [-0.15, -0.1) is 0 Å². The molecule has 54 heavy (non-hydrogen) atoms. The van der Waals surface area contributed by atoms with E-state index in [1.165, 1.54) is 0 Å². The topological polar surface area (TPSA) is 93.4 Å². The van der Waals surface area contributed by atoms with E-state index >= 15 is 0 Å². The van der Waals surface area contributed by atoms with Gasteiger partial charge in [0.25, 0.3) is 0 Å². The molecule has 0 heterocycles. The van der Waals surface area contributed by atoms with Crippen molar-refractivity contribution in [2.24, 2.45) is 5.73 Å². The zero-order valence-corrected chi connectivity index (χ0v) is 26.4. The quantitative estimate of drug-likeness (QED) is 0.0907. The number of unbranched alkanes of at least 4 members (excludes halogenated alkanes) is 1. The largest absolute Gasteiger partial charge is 0.460 e. The zero-order valence-electron chi connectivity index (χ0n) is 26.4. The van der Waals surface area contributed by atoms with Crippen LogP contribution in [0.4, 0.5) is 97.0 Å². The van der Waals surface area contributed by atoms with Crippen LogP contribution in [0, 0.1) is 0 Å². The first-order chi connectivity index (χ1) is 24.0. The van der Waals surface area contributed by atoms with Crippen LogP contribution in [-0.2, 0) is 16.1 Å². The van der Waals surface area contributed by atoms with Crippen LogP contribution < -0.4 is 16.4 Å². The maximum atomic E-state index is 14.1. The summed E-state index contributed by atoms with van der Waals surface area (Å²) in [6.45, 7) is -1.33. The standard InChI is InChI=1S/C27H26F21N3O3/c28-18(29,10-6-12-50-16(52)15(49)9-4-5-11-51-17(53)54-13-14-7-2-1-3-8-14)19(30,31)20(32,33)21(34,35)22(36,37)23(38,39)24(40,41)25(42,43)26(44,45)27(46,47)48/h1-3,7-8,15H,4-6,9-13,49H2,(H,50,52)(H,51,53)/t15-/m0/s1. The number of halogens is 21. The molecule has 0 aliphatic carbocycles. The number of ether oxygens (including phenoxy) is 1. The van der Waals surface area contributed by atoms with E-state index in [1.54, 1.807) is 35.6 Å². The van der Waals surface area contributed by atoms with Gasteiger partial charge in [-0.1, -0.05) is 30.3 Å². The van der Waals surface area contributed by atoms with Gasteiger partial charge in [0, 0.05) is 19.5 Å². The number of alkyl halides is 21. The Hall–Kier alpha value is -3.55. The highest BCUT2D eigenvalue weighted by Gasteiger charge is 2.97. The second-order valence-electron chi connectivity index (χ2n) is 11.3. The predicted octanol–water partition coefficient (Wildman–Crippen LogP) is 8.59. The number of carbonyl (C=O) groups excluding carboxylic acids is 2. The third-order valence-electron chi connectivity index (χ3n) is 7.30. The number of alkyl carbamates (subject to hydrolysis) is 1. The summed E-state index contributed by atoms with van der Waals surface area (Å²) in [7, 11) is 0. The van der Waals surface area contributed by atoms with Gasteiger partial charge >= 0.3 is 65.6 Å². The van der Waals surface area contributed by atoms with Gasteiger partial charge in [-0.3, -0.25) is 4.79 Å². The van der Waals surface area contributed by atoms with E-state index < -0.39 is 96.9 Å². The number of rotatable bonds is 20. The molecule has 6 nitrogen and oxygen atoms in total. The first kappa shape index (κ1) is 48.5. The second kappa shape index (κ2) is 16.3. The molecule has 0 spiro atoms. The number of amides is 2. The summed E-state index contributed by atoms with van der Waals surface area (Å²) in [5, 5.41) is 4.02. The molecule has 0 bridgehead atoms. The highest BCUT2D eigenvalue weighted by Crippen LogP contribution is 2.66. The van der Waals surface area contributed by atoms with Crippen LogP contribution in [0.5, 0.6) is 0 Å². The molecule has 0 aliphatic rings. The summed E-state index contributed by atoms with van der Waals surface area (Å²) in [4.78, 5) is 23.6. The molecular formula is C27H26F21N3O3. The first-order valence-electron chi connectivity index (χ1n) is 14.5. The van der Waals surface area contributed by atoms with E-state index in [2.05, 4.69) is 5.32 Å². The van der Waals surface area contributed by atoms with Crippen molar-refractivity contribution < 1.29 is 107 Å². The summed E-state index contributed by atoms with van der Waals surface area (Å²) in [5.74, 6) is -78.7. The molecule has 314 valence electrons. The maximum Gasteiger partial charge on any atom is 0.460 e. The maximum absolute atomic E-state index is 14.1. The predicted molar refractivity (Wildman–Crippen MR) is 139 cm³/mol. The van der Waals surface area contributed by atoms with Crippen LogP contribution in [0.3, 0.4) is 0 Å². The Bertz CT molecular complexity index is 1400. The van der Waals surface area contributed by atoms with Crippen molar-refractivity contribution in [3.8, 4) is 0 Å². The van der Waals surface area contributed by atoms with Crippen molar-refractivity contribution in [2.45, 2.75) is 104 Å². The summed E-state index contributed by atoms with van der Waals surface area (Å²) in [5.41, 5.74) is 6.15. The number of nitrogens with two attached hydrogens (primary N) is 1. The SMILES string of the molecule is N[C@@H](CCCCNC(=O)OCc1ccccc1)C(=O)NCCCC(F)(F)C(F)(F)C(F)(F)C(F)(F)C(F)(F)C(F)(F)C(F)(F)C(F)(F)C(F)(F)C(F)(F)F. The lowest BCUT2D eigenvalue weighted by Crippen LogP contribution is -2.76. The molecule has 1 aromatic rings. The fourth-order valence-electron chi connectivity index (χ4n) is 3.99. The summed E-state index contributed by atoms with van der Waals surface area (Å²) in [6.07, 6.45) is -13.3. The lowest BCUT2D eigenvalue weighted by Gasteiger charge is -2.44. The van der Waals surface area contributed by atoms with E-state index in [0.717, 1.165) is 0 Å². The van der Waals surface area contributed by atoms with E-state index in [-0.39, 0.29) is 32.4 Å². The van der Waals surface area contributed by atoms with Crippen LogP contribution in [0.25, 0.3) is 0 Å². The number of carbonyl (C=O) groups is 2. The third-order valence-corrected chi connectivity index (χ3v) is 7.30. The molecule has 1 rings (SSSR count). The fourth-order valence-corrected chi connectivity index (χ4v) is 3.99. The van der Waals surface area contributed by atoms with E-state index in [0.29, 0.717) is 5.56 Å². The van der Waals surface area contributed by atoms with Gasteiger partial charge in [0.05, 0.1) is 6.04 Å². The molecule has 0 aromatic heterocycles. The third kappa shape index (κ3) is 8.94. The minimum atomic E-state index is -9.23. The van der Waals surface area contributed by atoms with E-state index in [1.807, 2.05) is 0 Å². The van der Waals surface area contributed by atoms with E-state index in [9.17, 15) is 102 Å². The number of benzene rings is 1. The Balaban J connectivity index is 2.89. The van der Waals surface area contributed by atoms with Crippen LogP contribution in [0.2, 0.25) is 0 Å². The minimum absolute atomic E-state index is 0.0125. The zero-order chi connectivity index (χ0) is 42.6. The van der Waals surface area contributed by atoms with Gasteiger partial charge in [-0.05, 0) is 31.2 Å². The van der Waals surface area contributed by atoms with Crippen molar-refractivity contribution >= 4 is 12.0 Å². The average Bonchev–Trinajstić information content (AvgIpc) is 3.04. The normalized spacial score (nSPS) is 15.1. The fraction of sp³-hybridized carbons (Fsp3) is 0.704. The number of hydrogen-bond donors (Lipinski definition) is 3. The molecule has 4 N–H and O–H groups in total. The molecule has 0 saturated heterocycles. The molecule has 0 aliphatic heterocycles.